The third-order valence-electron chi connectivity index (χ3n) is 3.75. The molecule has 0 fully saturated rings. The summed E-state index contributed by atoms with van der Waals surface area (Å²) in [7, 11) is 0. The third-order valence-corrected chi connectivity index (χ3v) is 3.75. The minimum absolute atomic E-state index is 0.264. The Bertz CT molecular complexity index is 733. The fourth-order valence-electron chi connectivity index (χ4n) is 2.88. The fourth-order valence-corrected chi connectivity index (χ4v) is 2.88. The average molecular weight is 300 g/mol. The Kier molecular flexibility index (Phi) is 3.44. The molecule has 6 nitrogen and oxygen atoms in total. The minimum atomic E-state index is -0.558. The van der Waals surface area contributed by atoms with Gasteiger partial charge in [-0.15, -0.1) is 0 Å². The van der Waals surface area contributed by atoms with Gasteiger partial charge in [0.2, 0.25) is 0 Å². The molecule has 0 amide bonds. The number of nitrogens with one attached hydrogen (secondary N) is 1. The second kappa shape index (κ2) is 5.29. The van der Waals surface area contributed by atoms with Crippen LogP contribution in [0.25, 0.3) is 0 Å². The standard InChI is InChI=1S/C16H16N2O4/c1-4-21-15(19)11-8(2)18-9(3)12-13(11)14-10(22-16(12)20)6-5-7-17-14/h5-7,13,18H,4H2,1-3H3. The first-order chi connectivity index (χ1) is 10.5. The van der Waals surface area contributed by atoms with Crippen LogP contribution in [0.4, 0.5) is 0 Å². The van der Waals surface area contributed by atoms with Gasteiger partial charge in [0.05, 0.1) is 29.4 Å². The highest BCUT2D eigenvalue weighted by atomic mass is 16.5. The van der Waals surface area contributed by atoms with Crippen molar-refractivity contribution in [3.63, 3.8) is 0 Å². The Labute approximate surface area is 127 Å². The molecule has 2 aliphatic rings. The maximum Gasteiger partial charge on any atom is 0.342 e. The topological polar surface area (TPSA) is 77.5 Å². The van der Waals surface area contributed by atoms with Gasteiger partial charge in [-0.1, -0.05) is 0 Å². The van der Waals surface area contributed by atoms with Crippen LogP contribution in [0.1, 0.15) is 32.4 Å². The van der Waals surface area contributed by atoms with E-state index in [4.69, 9.17) is 9.47 Å². The molecule has 1 aromatic heterocycles. The lowest BCUT2D eigenvalue weighted by atomic mass is 9.81. The molecule has 3 rings (SSSR count). The summed E-state index contributed by atoms with van der Waals surface area (Å²) in [6, 6.07) is 3.36. The van der Waals surface area contributed by atoms with E-state index in [1.807, 2.05) is 0 Å². The second-order valence-electron chi connectivity index (χ2n) is 5.13. The number of aromatic nitrogens is 1. The summed E-state index contributed by atoms with van der Waals surface area (Å²) in [5, 5.41) is 3.06. The zero-order valence-corrected chi connectivity index (χ0v) is 12.6. The number of carbonyl (C=O) groups is 2. The van der Waals surface area contributed by atoms with Crippen molar-refractivity contribution in [2.75, 3.05) is 6.61 Å². The normalized spacial score (nSPS) is 20.0. The van der Waals surface area contributed by atoms with E-state index in [0.717, 1.165) is 0 Å². The molecule has 0 aromatic carbocycles. The van der Waals surface area contributed by atoms with E-state index in [1.54, 1.807) is 39.1 Å². The molecule has 3 heterocycles. The van der Waals surface area contributed by atoms with Crippen LogP contribution < -0.4 is 10.1 Å². The molecular weight excluding hydrogens is 284 g/mol. The summed E-state index contributed by atoms with van der Waals surface area (Å²) >= 11 is 0. The van der Waals surface area contributed by atoms with E-state index >= 15 is 0 Å². The maximum absolute atomic E-state index is 12.4. The summed E-state index contributed by atoms with van der Waals surface area (Å²) in [5.41, 5.74) is 2.69. The van der Waals surface area contributed by atoms with Gasteiger partial charge >= 0.3 is 11.9 Å². The molecule has 0 saturated carbocycles. The molecule has 2 aliphatic heterocycles. The fraction of sp³-hybridized carbons (Fsp3) is 0.312. The van der Waals surface area contributed by atoms with Crippen molar-refractivity contribution in [1.82, 2.24) is 10.3 Å². The Balaban J connectivity index is 2.21. The lowest BCUT2D eigenvalue weighted by Gasteiger charge is -2.33. The van der Waals surface area contributed by atoms with E-state index in [9.17, 15) is 9.59 Å². The van der Waals surface area contributed by atoms with Crippen LogP contribution in [0.2, 0.25) is 0 Å². The number of nitrogens with zero attached hydrogens (tertiary/aromatic N) is 1. The van der Waals surface area contributed by atoms with E-state index in [2.05, 4.69) is 10.3 Å². The van der Waals surface area contributed by atoms with Crippen LogP contribution in [0.5, 0.6) is 5.75 Å². The molecule has 0 bridgehead atoms. The van der Waals surface area contributed by atoms with Gasteiger partial charge in [-0.2, -0.15) is 0 Å². The number of hydrogen-bond donors (Lipinski definition) is 1. The van der Waals surface area contributed by atoms with Gasteiger partial charge in [-0.25, -0.2) is 9.59 Å². The van der Waals surface area contributed by atoms with Crippen molar-refractivity contribution in [3.05, 3.63) is 46.6 Å². The summed E-state index contributed by atoms with van der Waals surface area (Å²) in [6.45, 7) is 5.57. The summed E-state index contributed by atoms with van der Waals surface area (Å²) in [6.07, 6.45) is 1.62. The monoisotopic (exact) mass is 300 g/mol. The van der Waals surface area contributed by atoms with Crippen LogP contribution in [0, 0.1) is 0 Å². The second-order valence-corrected chi connectivity index (χ2v) is 5.13. The molecule has 0 radical (unpaired) electrons. The molecule has 1 unspecified atom stereocenters. The number of rotatable bonds is 2. The molecule has 114 valence electrons. The Hall–Kier alpha value is -2.63. The number of carbonyl (C=O) groups excluding carboxylic acids is 2. The molecule has 0 aliphatic carbocycles. The number of pyridine rings is 1. The molecular formula is C16H16N2O4. The molecule has 0 saturated heterocycles. The molecule has 0 spiro atoms. The average Bonchev–Trinajstić information content (AvgIpc) is 2.46. The summed E-state index contributed by atoms with van der Waals surface area (Å²) in [4.78, 5) is 29.0. The number of esters is 2. The third kappa shape index (κ3) is 2.07. The summed E-state index contributed by atoms with van der Waals surface area (Å²) < 4.78 is 10.5. The number of fused-ring (bicyclic) bond motifs is 3. The van der Waals surface area contributed by atoms with Crippen molar-refractivity contribution in [1.29, 1.82) is 0 Å². The molecule has 22 heavy (non-hydrogen) atoms. The van der Waals surface area contributed by atoms with Crippen LogP contribution in [0.15, 0.2) is 40.9 Å². The first-order valence-corrected chi connectivity index (χ1v) is 7.07. The number of hydrogen-bond acceptors (Lipinski definition) is 6. The lowest BCUT2D eigenvalue weighted by molar-refractivity contribution is -0.139. The largest absolute Gasteiger partial charge is 0.463 e. The van der Waals surface area contributed by atoms with Crippen molar-refractivity contribution in [3.8, 4) is 5.75 Å². The maximum atomic E-state index is 12.4. The van der Waals surface area contributed by atoms with Gasteiger partial charge in [0.25, 0.3) is 0 Å². The molecule has 1 N–H and O–H groups in total. The van der Waals surface area contributed by atoms with E-state index in [1.165, 1.54) is 0 Å². The zero-order valence-electron chi connectivity index (χ0n) is 12.6. The first-order valence-electron chi connectivity index (χ1n) is 7.07. The van der Waals surface area contributed by atoms with Gasteiger partial charge in [-0.05, 0) is 32.9 Å². The van der Waals surface area contributed by atoms with Crippen LogP contribution in [-0.4, -0.2) is 23.5 Å². The van der Waals surface area contributed by atoms with E-state index < -0.39 is 17.9 Å². The van der Waals surface area contributed by atoms with E-state index in [0.29, 0.717) is 34.0 Å². The number of ether oxygens (including phenoxy) is 2. The predicted octanol–water partition coefficient (Wildman–Crippen LogP) is 1.80. The zero-order chi connectivity index (χ0) is 15.9. The van der Waals surface area contributed by atoms with Crippen molar-refractivity contribution in [2.45, 2.75) is 26.7 Å². The van der Waals surface area contributed by atoms with Crippen LogP contribution in [-0.2, 0) is 14.3 Å². The highest BCUT2D eigenvalue weighted by molar-refractivity contribution is 6.02. The Morgan fingerprint density at radius 3 is 2.91 bits per heavy atom. The van der Waals surface area contributed by atoms with Gasteiger partial charge in [0.1, 0.15) is 0 Å². The quantitative estimate of drug-likeness (QED) is 0.839. The van der Waals surface area contributed by atoms with Crippen molar-refractivity contribution < 1.29 is 19.1 Å². The highest BCUT2D eigenvalue weighted by Crippen LogP contribution is 2.44. The SMILES string of the molecule is CCOC(=O)C1=C(C)NC(C)=C2C(=O)Oc3cccnc3C12. The molecule has 1 atom stereocenters. The minimum Gasteiger partial charge on any atom is -0.463 e. The van der Waals surface area contributed by atoms with Crippen LogP contribution in [0.3, 0.4) is 0 Å². The predicted molar refractivity (Wildman–Crippen MR) is 77.8 cm³/mol. The lowest BCUT2D eigenvalue weighted by Crippen LogP contribution is -2.36. The Morgan fingerprint density at radius 2 is 2.18 bits per heavy atom. The van der Waals surface area contributed by atoms with Crippen LogP contribution >= 0.6 is 0 Å². The number of dihydropyridines is 1. The molecule has 1 aromatic rings. The van der Waals surface area contributed by atoms with Gasteiger partial charge in [-0.3, -0.25) is 4.98 Å². The van der Waals surface area contributed by atoms with Gasteiger partial charge in [0.15, 0.2) is 5.75 Å². The van der Waals surface area contributed by atoms with E-state index in [-0.39, 0.29) is 6.61 Å². The van der Waals surface area contributed by atoms with Gasteiger partial charge in [0, 0.05) is 17.6 Å². The number of allylic oxidation sites excluding steroid dienone is 2. The van der Waals surface area contributed by atoms with Crippen molar-refractivity contribution in [2.24, 2.45) is 0 Å². The highest BCUT2D eigenvalue weighted by Gasteiger charge is 2.43. The smallest absolute Gasteiger partial charge is 0.342 e. The summed E-state index contributed by atoms with van der Waals surface area (Å²) in [5.74, 6) is -1.10. The Morgan fingerprint density at radius 1 is 1.41 bits per heavy atom. The van der Waals surface area contributed by atoms with Crippen molar-refractivity contribution >= 4 is 11.9 Å². The first kappa shape index (κ1) is 14.3. The van der Waals surface area contributed by atoms with Gasteiger partial charge < -0.3 is 14.8 Å². The molecule has 6 heteroatoms.